The molecule has 0 aliphatic rings. The molecule has 0 radical (unpaired) electrons. The van der Waals surface area contributed by atoms with E-state index in [4.69, 9.17) is 5.73 Å². The molecule has 3 N–H and O–H groups in total. The van der Waals surface area contributed by atoms with Gasteiger partial charge in [0.1, 0.15) is 17.5 Å². The van der Waals surface area contributed by atoms with Crippen LogP contribution in [0, 0.1) is 18.3 Å². The molecule has 1 aromatic carbocycles. The van der Waals surface area contributed by atoms with E-state index >= 15 is 0 Å². The van der Waals surface area contributed by atoms with E-state index in [9.17, 15) is 10.1 Å². The zero-order valence-corrected chi connectivity index (χ0v) is 17.7. The third-order valence-electron chi connectivity index (χ3n) is 4.24. The smallest absolute Gasteiger partial charge is 0.224 e. The largest absolute Gasteiger partial charge is 0.382 e. The van der Waals surface area contributed by atoms with Crippen molar-refractivity contribution < 1.29 is 4.79 Å². The summed E-state index contributed by atoms with van der Waals surface area (Å²) in [5.74, 6) is 0.703. The Morgan fingerprint density at radius 1 is 1.17 bits per heavy atom. The van der Waals surface area contributed by atoms with E-state index in [-0.39, 0.29) is 17.3 Å². The number of nitrogens with one attached hydrogen (secondary N) is 1. The number of hydrogen-bond acceptors (Lipinski definition) is 7. The van der Waals surface area contributed by atoms with Crippen LogP contribution in [0.5, 0.6) is 0 Å². The third kappa shape index (κ3) is 5.33. The number of nitrogens with two attached hydrogens (primary N) is 1. The highest BCUT2D eigenvalue weighted by molar-refractivity contribution is 7.98. The Kier molecular flexibility index (Phi) is 6.99. The van der Waals surface area contributed by atoms with Crippen LogP contribution < -0.4 is 11.1 Å². The molecule has 2 heterocycles. The maximum Gasteiger partial charge on any atom is 0.224 e. The van der Waals surface area contributed by atoms with Gasteiger partial charge in [-0.3, -0.25) is 9.78 Å². The Labute approximate surface area is 179 Å². The number of anilines is 2. The van der Waals surface area contributed by atoms with Crippen molar-refractivity contribution >= 4 is 29.2 Å². The maximum atomic E-state index is 11.8. The minimum Gasteiger partial charge on any atom is -0.382 e. The van der Waals surface area contributed by atoms with Gasteiger partial charge in [-0.05, 0) is 37.6 Å². The highest BCUT2D eigenvalue weighted by atomic mass is 32.2. The van der Waals surface area contributed by atoms with Gasteiger partial charge >= 0.3 is 0 Å². The van der Waals surface area contributed by atoms with Crippen molar-refractivity contribution in [3.05, 3.63) is 59.4 Å². The fourth-order valence-electron chi connectivity index (χ4n) is 2.82. The van der Waals surface area contributed by atoms with E-state index < -0.39 is 0 Å². The summed E-state index contributed by atoms with van der Waals surface area (Å²) in [4.78, 5) is 25.1. The zero-order valence-electron chi connectivity index (χ0n) is 16.8. The maximum absolute atomic E-state index is 11.8. The van der Waals surface area contributed by atoms with Crippen LogP contribution in [-0.4, -0.2) is 20.9 Å². The Bertz CT molecular complexity index is 1090. The number of hydrogen-bond donors (Lipinski definition) is 2. The van der Waals surface area contributed by atoms with Crippen molar-refractivity contribution in [2.24, 2.45) is 0 Å². The van der Waals surface area contributed by atoms with Gasteiger partial charge < -0.3 is 11.1 Å². The van der Waals surface area contributed by atoms with Crippen molar-refractivity contribution in [2.75, 3.05) is 11.1 Å². The normalized spacial score (nSPS) is 10.4. The van der Waals surface area contributed by atoms with E-state index in [0.29, 0.717) is 28.7 Å². The summed E-state index contributed by atoms with van der Waals surface area (Å²) >= 11 is 1.41. The number of rotatable bonds is 7. The number of benzene rings is 1. The first-order chi connectivity index (χ1) is 14.5. The van der Waals surface area contributed by atoms with Crippen LogP contribution in [0.15, 0.2) is 47.6 Å². The lowest BCUT2D eigenvalue weighted by Crippen LogP contribution is -2.10. The van der Waals surface area contributed by atoms with Crippen LogP contribution >= 0.6 is 11.8 Å². The summed E-state index contributed by atoms with van der Waals surface area (Å²) < 4.78 is 0. The summed E-state index contributed by atoms with van der Waals surface area (Å²) in [6.45, 7) is 3.90. The second-order valence-corrected chi connectivity index (χ2v) is 7.60. The van der Waals surface area contributed by atoms with E-state index in [0.717, 1.165) is 23.4 Å². The molecule has 0 fully saturated rings. The van der Waals surface area contributed by atoms with E-state index in [1.165, 1.54) is 11.8 Å². The number of aryl methyl sites for hydroxylation is 1. The van der Waals surface area contributed by atoms with Gasteiger partial charge in [0, 0.05) is 29.1 Å². The Morgan fingerprint density at radius 2 is 1.93 bits per heavy atom. The molecule has 0 aliphatic carbocycles. The summed E-state index contributed by atoms with van der Waals surface area (Å²) in [5, 5.41) is 12.9. The number of aromatic nitrogens is 3. The van der Waals surface area contributed by atoms with Crippen LogP contribution in [0.4, 0.5) is 11.5 Å². The number of carbonyl (C=O) groups is 1. The van der Waals surface area contributed by atoms with E-state index in [1.807, 2.05) is 32.0 Å². The van der Waals surface area contributed by atoms with Gasteiger partial charge in [-0.15, -0.1) is 0 Å². The molecule has 0 saturated heterocycles. The number of nitrogen functional groups attached to an aromatic ring is 1. The average Bonchev–Trinajstić information content (AvgIpc) is 2.72. The van der Waals surface area contributed by atoms with Gasteiger partial charge in [-0.25, -0.2) is 9.97 Å². The van der Waals surface area contributed by atoms with Gasteiger partial charge in [0.25, 0.3) is 0 Å². The predicted octanol–water partition coefficient (Wildman–Crippen LogP) is 4.33. The fourth-order valence-corrected chi connectivity index (χ4v) is 3.58. The standard InChI is InChI=1S/C22H22N6OS/c1-3-5-19(29)26-16-10-8-15(9-11-16)20-18(12-23)21(24)28-22(27-20)30-13-17-7-4-6-14(2)25-17/h4,6-11H,3,5,13H2,1-2H3,(H,26,29)(H2,24,27,28). The van der Waals surface area contributed by atoms with Crippen LogP contribution in [0.2, 0.25) is 0 Å². The van der Waals surface area contributed by atoms with E-state index in [1.54, 1.807) is 24.3 Å². The number of pyridine rings is 1. The third-order valence-corrected chi connectivity index (χ3v) is 5.12. The molecule has 30 heavy (non-hydrogen) atoms. The SMILES string of the molecule is CCCC(=O)Nc1ccc(-c2nc(SCc3cccc(C)n3)nc(N)c2C#N)cc1. The lowest BCUT2D eigenvalue weighted by atomic mass is 10.1. The first kappa shape index (κ1) is 21.3. The zero-order chi connectivity index (χ0) is 21.5. The predicted molar refractivity (Wildman–Crippen MR) is 119 cm³/mol. The van der Waals surface area contributed by atoms with Crippen LogP contribution in [0.1, 0.15) is 36.7 Å². The molecule has 0 atom stereocenters. The molecule has 0 bridgehead atoms. The number of thioether (sulfide) groups is 1. The number of carbonyl (C=O) groups excluding carboxylic acids is 1. The van der Waals surface area contributed by atoms with Crippen molar-refractivity contribution in [1.29, 1.82) is 5.26 Å². The first-order valence-electron chi connectivity index (χ1n) is 9.53. The van der Waals surface area contributed by atoms with Crippen molar-refractivity contribution in [3.63, 3.8) is 0 Å². The summed E-state index contributed by atoms with van der Waals surface area (Å²) in [6.07, 6.45) is 1.26. The van der Waals surface area contributed by atoms with Gasteiger partial charge in [-0.1, -0.05) is 36.9 Å². The number of nitriles is 1. The molecular formula is C22H22N6OS. The Balaban J connectivity index is 1.84. The van der Waals surface area contributed by atoms with Crippen LogP contribution in [0.25, 0.3) is 11.3 Å². The van der Waals surface area contributed by atoms with Gasteiger partial charge in [-0.2, -0.15) is 5.26 Å². The van der Waals surface area contributed by atoms with Gasteiger partial charge in [0.15, 0.2) is 5.16 Å². The number of amides is 1. The highest BCUT2D eigenvalue weighted by Gasteiger charge is 2.15. The minimum absolute atomic E-state index is 0.0299. The van der Waals surface area contributed by atoms with E-state index in [2.05, 4.69) is 26.3 Å². The molecular weight excluding hydrogens is 396 g/mol. The summed E-state index contributed by atoms with van der Waals surface area (Å²) in [6, 6.07) is 15.1. The summed E-state index contributed by atoms with van der Waals surface area (Å²) in [5.41, 5.74) is 10.0. The van der Waals surface area contributed by atoms with Crippen molar-refractivity contribution in [3.8, 4) is 17.3 Å². The quantitative estimate of drug-likeness (QED) is 0.433. The van der Waals surface area contributed by atoms with Crippen molar-refractivity contribution in [1.82, 2.24) is 15.0 Å². The molecule has 0 spiro atoms. The molecule has 0 unspecified atom stereocenters. The topological polar surface area (TPSA) is 118 Å². The second kappa shape index (κ2) is 9.85. The fraction of sp³-hybridized carbons (Fsp3) is 0.227. The molecule has 152 valence electrons. The minimum atomic E-state index is -0.0299. The molecule has 2 aromatic heterocycles. The van der Waals surface area contributed by atoms with Gasteiger partial charge in [0.2, 0.25) is 5.91 Å². The molecule has 0 saturated carbocycles. The average molecular weight is 419 g/mol. The highest BCUT2D eigenvalue weighted by Crippen LogP contribution is 2.29. The molecule has 3 rings (SSSR count). The lowest BCUT2D eigenvalue weighted by Gasteiger charge is -2.10. The summed E-state index contributed by atoms with van der Waals surface area (Å²) in [7, 11) is 0. The van der Waals surface area contributed by atoms with Crippen LogP contribution in [0.3, 0.4) is 0 Å². The Morgan fingerprint density at radius 3 is 2.60 bits per heavy atom. The number of nitrogens with zero attached hydrogens (tertiary/aromatic N) is 4. The Hall–Kier alpha value is -3.44. The lowest BCUT2D eigenvalue weighted by molar-refractivity contribution is -0.116. The first-order valence-corrected chi connectivity index (χ1v) is 10.5. The molecule has 0 aliphatic heterocycles. The van der Waals surface area contributed by atoms with Crippen molar-refractivity contribution in [2.45, 2.75) is 37.6 Å². The van der Waals surface area contributed by atoms with Crippen LogP contribution in [-0.2, 0) is 10.5 Å². The molecule has 3 aromatic rings. The van der Waals surface area contributed by atoms with Gasteiger partial charge in [0.05, 0.1) is 11.4 Å². The monoisotopic (exact) mass is 418 g/mol. The molecule has 8 heteroatoms. The molecule has 7 nitrogen and oxygen atoms in total. The molecule has 1 amide bonds. The second-order valence-electron chi connectivity index (χ2n) is 6.66.